The number of rotatable bonds is 6. The Kier molecular flexibility index (Phi) is 9.73. The van der Waals surface area contributed by atoms with Crippen LogP contribution in [0.15, 0.2) is 194 Å². The second-order valence-corrected chi connectivity index (χ2v) is 23.2. The predicted octanol–water partition coefficient (Wildman–Crippen LogP) is 19.1. The first kappa shape index (κ1) is 43.3. The highest BCUT2D eigenvalue weighted by atomic mass is 32.1. The fourth-order valence-corrected chi connectivity index (χ4v) is 13.4. The highest BCUT2D eigenvalue weighted by molar-refractivity contribution is 7.26. The minimum atomic E-state index is -0.258. The molecule has 9 aromatic carbocycles. The van der Waals surface area contributed by atoms with Crippen LogP contribution in [0, 0.1) is 0 Å². The lowest BCUT2D eigenvalue weighted by molar-refractivity contribution is 0.521. The van der Waals surface area contributed by atoms with Crippen molar-refractivity contribution < 1.29 is 0 Å². The van der Waals surface area contributed by atoms with Crippen LogP contribution in [0.5, 0.6) is 0 Å². The molecule has 0 atom stereocenters. The van der Waals surface area contributed by atoms with Gasteiger partial charge in [0, 0.05) is 42.1 Å². The number of benzene rings is 9. The summed E-state index contributed by atoms with van der Waals surface area (Å²) < 4.78 is 2.58. The Hall–Kier alpha value is -7.00. The summed E-state index contributed by atoms with van der Waals surface area (Å²) in [5.41, 5.74) is 22.9. The molecule has 0 saturated carbocycles. The number of thiophene rings is 1. The summed E-state index contributed by atoms with van der Waals surface area (Å²) in [4.78, 5) is 2.58. The van der Waals surface area contributed by atoms with Gasteiger partial charge in [-0.25, -0.2) is 0 Å². The van der Waals surface area contributed by atoms with Crippen LogP contribution in [0.25, 0.3) is 64.7 Å². The van der Waals surface area contributed by atoms with Crippen LogP contribution < -0.4 is 4.90 Å². The van der Waals surface area contributed by atoms with Gasteiger partial charge in [-0.15, -0.1) is 11.3 Å². The van der Waals surface area contributed by atoms with Gasteiger partial charge in [0.05, 0.1) is 11.4 Å². The van der Waals surface area contributed by atoms with Gasteiger partial charge < -0.3 is 4.90 Å². The van der Waals surface area contributed by atoms with E-state index in [4.69, 9.17) is 0 Å². The van der Waals surface area contributed by atoms with Gasteiger partial charge in [-0.2, -0.15) is 0 Å². The van der Waals surface area contributed by atoms with Crippen LogP contribution in [0.3, 0.4) is 0 Å². The molecule has 2 aliphatic rings. The molecule has 0 spiro atoms. The summed E-state index contributed by atoms with van der Waals surface area (Å²) in [5.74, 6) is 0. The molecule has 0 fully saturated rings. The minimum absolute atomic E-state index is 0.00758. The lowest BCUT2D eigenvalue weighted by Gasteiger charge is -2.44. The van der Waals surface area contributed by atoms with Gasteiger partial charge in [0.15, 0.2) is 0 Å². The van der Waals surface area contributed by atoms with E-state index in [0.717, 1.165) is 5.69 Å². The minimum Gasteiger partial charge on any atom is -0.309 e. The molecule has 0 saturated heterocycles. The van der Waals surface area contributed by atoms with Crippen molar-refractivity contribution in [2.24, 2.45) is 0 Å². The third-order valence-electron chi connectivity index (χ3n) is 15.9. The number of hydrogen-bond donors (Lipinski definition) is 0. The third kappa shape index (κ3) is 6.70. The summed E-state index contributed by atoms with van der Waals surface area (Å²) in [7, 11) is 0. The van der Waals surface area contributed by atoms with Crippen LogP contribution in [0.2, 0.25) is 0 Å². The van der Waals surface area contributed by atoms with Crippen LogP contribution in [0.1, 0.15) is 101 Å². The number of nitrogens with zero attached hydrogens (tertiary/aromatic N) is 1. The summed E-state index contributed by atoms with van der Waals surface area (Å²) in [6.45, 7) is 21.3. The van der Waals surface area contributed by atoms with Crippen molar-refractivity contribution in [2.75, 3.05) is 4.90 Å². The topological polar surface area (TPSA) is 3.24 Å². The molecule has 338 valence electrons. The van der Waals surface area contributed by atoms with E-state index in [0.29, 0.717) is 0 Å². The van der Waals surface area contributed by atoms with Crippen molar-refractivity contribution in [2.45, 2.75) is 84.0 Å². The molecule has 2 aliphatic carbocycles. The Morgan fingerprint density at radius 1 is 0.377 bits per heavy atom. The van der Waals surface area contributed by atoms with E-state index in [1.54, 1.807) is 0 Å². The monoisotopic (exact) mass is 909 g/mol. The quantitative estimate of drug-likeness (QED) is 0.161. The average molecular weight is 910 g/mol. The van der Waals surface area contributed by atoms with Crippen molar-refractivity contribution in [1.29, 1.82) is 0 Å². The molecule has 0 unspecified atom stereocenters. The fraction of sp³-hybridized carbons (Fsp3) is 0.194. The zero-order valence-electron chi connectivity index (χ0n) is 41.3. The molecule has 0 amide bonds. The Balaban J connectivity index is 1.05. The van der Waals surface area contributed by atoms with Crippen molar-refractivity contribution in [3.63, 3.8) is 0 Å². The van der Waals surface area contributed by atoms with Crippen molar-refractivity contribution in [3.05, 3.63) is 233 Å². The standard InChI is InChI=1S/C67H59NS/c1-64(2,3)52-23-14-13-21-48(52)46-33-38-60-51(40-46)62-58(26-18-28-61(62)69-60)68(59-27-17-22-49-50-39-44(42-19-11-10-12-20-42)31-36-53(50)67(8,9)63(49)59)47-34-29-43(30-35-47)45-32-37-56-57(41-45)66(6,7)55-25-16-15-24-54(55)65(56,4)5/h10-41H,1-9H3. The molecule has 1 nitrogen and oxygen atoms in total. The maximum atomic E-state index is 2.58. The second kappa shape index (κ2) is 15.5. The molecule has 2 heteroatoms. The molecule has 69 heavy (non-hydrogen) atoms. The smallest absolute Gasteiger partial charge is 0.0554 e. The van der Waals surface area contributed by atoms with Gasteiger partial charge >= 0.3 is 0 Å². The van der Waals surface area contributed by atoms with Gasteiger partial charge in [-0.1, -0.05) is 202 Å². The first-order valence-electron chi connectivity index (χ1n) is 24.7. The Labute approximate surface area is 412 Å². The summed E-state index contributed by atoms with van der Waals surface area (Å²) in [5, 5.41) is 2.57. The predicted molar refractivity (Wildman–Crippen MR) is 297 cm³/mol. The number of hydrogen-bond acceptors (Lipinski definition) is 2. The second-order valence-electron chi connectivity index (χ2n) is 22.1. The van der Waals surface area contributed by atoms with Crippen LogP contribution in [-0.4, -0.2) is 0 Å². The highest BCUT2D eigenvalue weighted by Crippen LogP contribution is 2.57. The lowest BCUT2D eigenvalue weighted by atomic mass is 9.60. The Morgan fingerprint density at radius 2 is 0.942 bits per heavy atom. The van der Waals surface area contributed by atoms with Crippen LogP contribution in [0.4, 0.5) is 17.1 Å². The molecular formula is C67H59NS. The molecular weight excluding hydrogens is 851 g/mol. The van der Waals surface area contributed by atoms with Crippen molar-refractivity contribution in [1.82, 2.24) is 0 Å². The third-order valence-corrected chi connectivity index (χ3v) is 17.0. The Bertz CT molecular complexity index is 3670. The maximum Gasteiger partial charge on any atom is 0.0554 e. The van der Waals surface area contributed by atoms with Gasteiger partial charge in [-0.3, -0.25) is 0 Å². The molecule has 1 aromatic heterocycles. The Morgan fingerprint density at radius 3 is 1.68 bits per heavy atom. The van der Waals surface area contributed by atoms with Crippen LogP contribution >= 0.6 is 11.3 Å². The zero-order chi connectivity index (χ0) is 47.6. The number of anilines is 3. The van der Waals surface area contributed by atoms with Gasteiger partial charge in [0.2, 0.25) is 0 Å². The normalized spacial score (nSPS) is 15.1. The van der Waals surface area contributed by atoms with E-state index in [9.17, 15) is 0 Å². The van der Waals surface area contributed by atoms with Crippen molar-refractivity contribution in [3.8, 4) is 44.5 Å². The largest absolute Gasteiger partial charge is 0.309 e. The van der Waals surface area contributed by atoms with Gasteiger partial charge in [0.25, 0.3) is 0 Å². The van der Waals surface area contributed by atoms with Crippen LogP contribution in [-0.2, 0) is 21.7 Å². The maximum absolute atomic E-state index is 2.58. The van der Waals surface area contributed by atoms with Gasteiger partial charge in [0.1, 0.15) is 0 Å². The molecule has 10 aromatic rings. The molecule has 0 N–H and O–H groups in total. The molecule has 12 rings (SSSR count). The highest BCUT2D eigenvalue weighted by Gasteiger charge is 2.42. The fourth-order valence-electron chi connectivity index (χ4n) is 12.3. The lowest BCUT2D eigenvalue weighted by Crippen LogP contribution is -2.36. The van der Waals surface area contributed by atoms with E-state index in [1.165, 1.54) is 115 Å². The molecule has 0 aliphatic heterocycles. The van der Waals surface area contributed by atoms with Crippen molar-refractivity contribution >= 4 is 48.6 Å². The van der Waals surface area contributed by atoms with Gasteiger partial charge in [-0.05, 0) is 143 Å². The van der Waals surface area contributed by atoms with E-state index < -0.39 is 0 Å². The van der Waals surface area contributed by atoms with E-state index >= 15 is 0 Å². The van der Waals surface area contributed by atoms with E-state index in [1.807, 2.05) is 11.3 Å². The average Bonchev–Trinajstić information content (AvgIpc) is 3.85. The zero-order valence-corrected chi connectivity index (χ0v) is 42.1. The van der Waals surface area contributed by atoms with E-state index in [-0.39, 0.29) is 21.7 Å². The molecule has 0 bridgehead atoms. The molecule has 0 radical (unpaired) electrons. The summed E-state index contributed by atoms with van der Waals surface area (Å²) in [6, 6.07) is 73.6. The summed E-state index contributed by atoms with van der Waals surface area (Å²) >= 11 is 1.89. The SMILES string of the molecule is CC(C)(C)c1ccccc1-c1ccc2sc3cccc(N(c4ccc(-c5ccc6c(c5)C(C)(C)c5ccccc5C6(C)C)cc4)c4cccc5c4C(C)(C)c4ccc(-c6ccccc6)cc4-5)c3c2c1. The van der Waals surface area contributed by atoms with E-state index in [2.05, 4.69) is 261 Å². The summed E-state index contributed by atoms with van der Waals surface area (Å²) in [6.07, 6.45) is 0. The first-order chi connectivity index (χ1) is 33.1. The molecule has 1 heterocycles. The number of fused-ring (bicyclic) bond motifs is 8. The first-order valence-corrected chi connectivity index (χ1v) is 25.5.